The maximum Gasteiger partial charge on any atom is 0.236 e. The molecule has 5 nitrogen and oxygen atoms in total. The molecule has 1 rings (SSSR count). The number of amides is 1. The molecule has 1 heterocycles. The predicted octanol–water partition coefficient (Wildman–Crippen LogP) is 0.479. The van der Waals surface area contributed by atoms with Crippen molar-refractivity contribution in [3.63, 3.8) is 0 Å². The van der Waals surface area contributed by atoms with Crippen LogP contribution in [0.15, 0.2) is 0 Å². The van der Waals surface area contributed by atoms with Crippen LogP contribution in [0.1, 0.15) is 19.3 Å². The average molecular weight is 287 g/mol. The van der Waals surface area contributed by atoms with Crippen molar-refractivity contribution in [1.82, 2.24) is 9.80 Å². The Morgan fingerprint density at radius 3 is 2.79 bits per heavy atom. The summed E-state index contributed by atoms with van der Waals surface area (Å²) in [5.41, 5.74) is 5.43. The van der Waals surface area contributed by atoms with Crippen LogP contribution in [0.3, 0.4) is 0 Å². The number of carbonyl (C=O) groups is 1. The van der Waals surface area contributed by atoms with Crippen LogP contribution in [0, 0.1) is 5.92 Å². The zero-order chi connectivity index (χ0) is 14.3. The summed E-state index contributed by atoms with van der Waals surface area (Å²) >= 11 is 4.81. The van der Waals surface area contributed by atoms with Crippen LogP contribution in [-0.4, -0.2) is 67.6 Å². The van der Waals surface area contributed by atoms with Crippen molar-refractivity contribution in [2.75, 3.05) is 46.9 Å². The molecule has 0 aliphatic carbocycles. The maximum absolute atomic E-state index is 12.0. The van der Waals surface area contributed by atoms with Gasteiger partial charge in [-0.15, -0.1) is 0 Å². The molecule has 0 aromatic rings. The predicted molar refractivity (Wildman–Crippen MR) is 80.1 cm³/mol. The highest BCUT2D eigenvalue weighted by Gasteiger charge is 2.18. The van der Waals surface area contributed by atoms with Crippen LogP contribution >= 0.6 is 12.2 Å². The SMILES string of the molecule is CN(CC(=O)N(C)CCC(N)=S)CC1CCCOC1. The van der Waals surface area contributed by atoms with Gasteiger partial charge in [0.2, 0.25) is 5.91 Å². The molecule has 6 heteroatoms. The summed E-state index contributed by atoms with van der Waals surface area (Å²) in [5, 5.41) is 0. The largest absolute Gasteiger partial charge is 0.393 e. The van der Waals surface area contributed by atoms with E-state index in [0.29, 0.717) is 30.4 Å². The molecule has 0 aromatic carbocycles. The number of likely N-dealkylation sites (N-methyl/N-ethyl adjacent to an activating group) is 2. The molecular weight excluding hydrogens is 262 g/mol. The van der Waals surface area contributed by atoms with Crippen LogP contribution in [0.25, 0.3) is 0 Å². The fraction of sp³-hybridized carbons (Fsp3) is 0.846. The molecule has 0 spiro atoms. The molecule has 1 unspecified atom stereocenters. The van der Waals surface area contributed by atoms with E-state index in [-0.39, 0.29) is 5.91 Å². The number of thiocarbonyl (C=S) groups is 1. The molecule has 0 radical (unpaired) electrons. The molecule has 0 bridgehead atoms. The number of ether oxygens (including phenoxy) is 1. The van der Waals surface area contributed by atoms with Gasteiger partial charge in [0.05, 0.1) is 18.1 Å². The second-order valence-electron chi connectivity index (χ2n) is 5.31. The fourth-order valence-electron chi connectivity index (χ4n) is 2.21. The van der Waals surface area contributed by atoms with E-state index in [0.717, 1.165) is 26.2 Å². The van der Waals surface area contributed by atoms with E-state index in [1.54, 1.807) is 11.9 Å². The first kappa shape index (κ1) is 16.3. The van der Waals surface area contributed by atoms with E-state index in [2.05, 4.69) is 4.90 Å². The van der Waals surface area contributed by atoms with E-state index in [1.165, 1.54) is 6.42 Å². The summed E-state index contributed by atoms with van der Waals surface area (Å²) in [6.45, 7) is 3.63. The number of rotatable bonds is 7. The van der Waals surface area contributed by atoms with Gasteiger partial charge in [-0.25, -0.2) is 0 Å². The Balaban J connectivity index is 2.24. The molecule has 0 aromatic heterocycles. The molecule has 19 heavy (non-hydrogen) atoms. The van der Waals surface area contributed by atoms with Crippen molar-refractivity contribution in [3.05, 3.63) is 0 Å². The lowest BCUT2D eigenvalue weighted by atomic mass is 10.0. The number of nitrogens with two attached hydrogens (primary N) is 1. The molecule has 1 fully saturated rings. The first-order valence-corrected chi connectivity index (χ1v) is 7.18. The van der Waals surface area contributed by atoms with E-state index in [9.17, 15) is 4.79 Å². The van der Waals surface area contributed by atoms with Gasteiger partial charge in [-0.2, -0.15) is 0 Å². The average Bonchev–Trinajstić information content (AvgIpc) is 2.36. The zero-order valence-electron chi connectivity index (χ0n) is 11.9. The number of hydrogen-bond acceptors (Lipinski definition) is 4. The fourth-order valence-corrected chi connectivity index (χ4v) is 2.30. The van der Waals surface area contributed by atoms with Gasteiger partial charge in [0.15, 0.2) is 0 Å². The molecular formula is C13H25N3O2S. The van der Waals surface area contributed by atoms with E-state index in [4.69, 9.17) is 22.7 Å². The Bertz CT molecular complexity index is 306. The minimum atomic E-state index is 0.107. The standard InChI is InChI=1S/C13H25N3O2S/c1-15(8-11-4-3-7-18-10-11)9-13(17)16(2)6-5-12(14)19/h11H,3-10H2,1-2H3,(H2,14,19). The highest BCUT2D eigenvalue weighted by molar-refractivity contribution is 7.80. The van der Waals surface area contributed by atoms with Crippen LogP contribution in [0.5, 0.6) is 0 Å². The Morgan fingerprint density at radius 1 is 1.47 bits per heavy atom. The summed E-state index contributed by atoms with van der Waals surface area (Å²) in [6.07, 6.45) is 2.90. The lowest BCUT2D eigenvalue weighted by molar-refractivity contribution is -0.131. The summed E-state index contributed by atoms with van der Waals surface area (Å²) in [7, 11) is 3.77. The minimum Gasteiger partial charge on any atom is -0.393 e. The first-order valence-electron chi connectivity index (χ1n) is 6.77. The van der Waals surface area contributed by atoms with E-state index < -0.39 is 0 Å². The van der Waals surface area contributed by atoms with Crippen LogP contribution in [0.4, 0.5) is 0 Å². The Kier molecular flexibility index (Phi) is 7.27. The number of carbonyl (C=O) groups excluding carboxylic acids is 1. The van der Waals surface area contributed by atoms with Crippen molar-refractivity contribution in [1.29, 1.82) is 0 Å². The molecule has 0 saturated carbocycles. The van der Waals surface area contributed by atoms with Crippen LogP contribution < -0.4 is 5.73 Å². The van der Waals surface area contributed by atoms with Gasteiger partial charge in [-0.1, -0.05) is 12.2 Å². The molecule has 2 N–H and O–H groups in total. The second kappa shape index (κ2) is 8.45. The van der Waals surface area contributed by atoms with Gasteiger partial charge in [0.25, 0.3) is 0 Å². The molecule has 1 amide bonds. The third kappa shape index (κ3) is 6.84. The Morgan fingerprint density at radius 2 is 2.21 bits per heavy atom. The van der Waals surface area contributed by atoms with Gasteiger partial charge in [-0.3, -0.25) is 9.69 Å². The quantitative estimate of drug-likeness (QED) is 0.690. The lowest BCUT2D eigenvalue weighted by Gasteiger charge is -2.28. The smallest absolute Gasteiger partial charge is 0.236 e. The molecule has 1 aliphatic rings. The second-order valence-corrected chi connectivity index (χ2v) is 5.84. The third-order valence-corrected chi connectivity index (χ3v) is 3.55. The maximum atomic E-state index is 12.0. The summed E-state index contributed by atoms with van der Waals surface area (Å²) in [6, 6.07) is 0. The molecule has 1 aliphatic heterocycles. The van der Waals surface area contributed by atoms with Gasteiger partial charge in [-0.05, 0) is 25.8 Å². The normalized spacial score (nSPS) is 19.4. The molecule has 1 saturated heterocycles. The number of nitrogens with zero attached hydrogens (tertiary/aromatic N) is 2. The van der Waals surface area contributed by atoms with Crippen LogP contribution in [0.2, 0.25) is 0 Å². The van der Waals surface area contributed by atoms with Crippen molar-refractivity contribution >= 4 is 23.1 Å². The van der Waals surface area contributed by atoms with Crippen molar-refractivity contribution < 1.29 is 9.53 Å². The summed E-state index contributed by atoms with van der Waals surface area (Å²) in [4.78, 5) is 16.2. The highest BCUT2D eigenvalue weighted by Crippen LogP contribution is 2.14. The van der Waals surface area contributed by atoms with E-state index >= 15 is 0 Å². The highest BCUT2D eigenvalue weighted by atomic mass is 32.1. The van der Waals surface area contributed by atoms with E-state index in [1.807, 2.05) is 7.05 Å². The Hall–Kier alpha value is -0.720. The molecule has 1 atom stereocenters. The molecule has 110 valence electrons. The summed E-state index contributed by atoms with van der Waals surface area (Å²) in [5.74, 6) is 0.656. The van der Waals surface area contributed by atoms with Gasteiger partial charge < -0.3 is 15.4 Å². The third-order valence-electron chi connectivity index (χ3n) is 3.35. The minimum absolute atomic E-state index is 0.107. The van der Waals surface area contributed by atoms with Crippen molar-refractivity contribution in [3.8, 4) is 0 Å². The monoisotopic (exact) mass is 287 g/mol. The topological polar surface area (TPSA) is 58.8 Å². The first-order chi connectivity index (χ1) is 8.99. The lowest BCUT2D eigenvalue weighted by Crippen LogP contribution is -2.40. The summed E-state index contributed by atoms with van der Waals surface area (Å²) < 4.78 is 5.45. The van der Waals surface area contributed by atoms with Crippen LogP contribution in [-0.2, 0) is 9.53 Å². The van der Waals surface area contributed by atoms with Crippen molar-refractivity contribution in [2.24, 2.45) is 11.7 Å². The van der Waals surface area contributed by atoms with Gasteiger partial charge in [0, 0.05) is 33.2 Å². The zero-order valence-corrected chi connectivity index (χ0v) is 12.7. The van der Waals surface area contributed by atoms with Gasteiger partial charge in [0.1, 0.15) is 0 Å². The Labute approximate surface area is 121 Å². The van der Waals surface area contributed by atoms with Gasteiger partial charge >= 0.3 is 0 Å². The number of hydrogen-bond donors (Lipinski definition) is 1. The van der Waals surface area contributed by atoms with Crippen molar-refractivity contribution in [2.45, 2.75) is 19.3 Å².